The van der Waals surface area contributed by atoms with Crippen LogP contribution in [0.2, 0.25) is 0 Å². The highest BCUT2D eigenvalue weighted by Crippen LogP contribution is 2.19. The third kappa shape index (κ3) is 5.00. The predicted molar refractivity (Wildman–Crippen MR) is 75.7 cm³/mol. The van der Waals surface area contributed by atoms with Gasteiger partial charge in [-0.25, -0.2) is 4.79 Å². The molecule has 0 aliphatic carbocycles. The Morgan fingerprint density at radius 2 is 2.05 bits per heavy atom. The van der Waals surface area contributed by atoms with Gasteiger partial charge in [0.05, 0.1) is 18.2 Å². The number of hydrogen-bond acceptors (Lipinski definition) is 5. The van der Waals surface area contributed by atoms with Crippen LogP contribution >= 0.6 is 27.5 Å². The molecule has 0 aliphatic rings. The van der Waals surface area contributed by atoms with Crippen LogP contribution in [0.15, 0.2) is 50.4 Å². The zero-order valence-corrected chi connectivity index (χ0v) is 12.5. The average Bonchev–Trinajstić information content (AvgIpc) is 2.41. The van der Waals surface area contributed by atoms with E-state index in [4.69, 9.17) is 16.3 Å². The van der Waals surface area contributed by atoms with Crippen LogP contribution in [0.5, 0.6) is 0 Å². The fourth-order valence-corrected chi connectivity index (χ4v) is 1.49. The smallest absolute Gasteiger partial charge is 0.362 e. The third-order valence-electron chi connectivity index (χ3n) is 1.96. The number of aliphatic hydroxyl groups is 1. The maximum absolute atomic E-state index is 11.6. The summed E-state index contributed by atoms with van der Waals surface area (Å²) in [6, 6.07) is 6.97. The fourth-order valence-electron chi connectivity index (χ4n) is 1.09. The van der Waals surface area contributed by atoms with E-state index in [9.17, 15) is 9.90 Å². The van der Waals surface area contributed by atoms with E-state index < -0.39 is 5.97 Å². The number of rotatable bonds is 5. The van der Waals surface area contributed by atoms with Crippen molar-refractivity contribution >= 4 is 39.2 Å². The summed E-state index contributed by atoms with van der Waals surface area (Å²) in [6.07, 6.45) is 0. The number of carbonyl (C=O) groups is 1. The molecule has 1 N–H and O–H groups in total. The summed E-state index contributed by atoms with van der Waals surface area (Å²) in [5, 5.41) is 17.1. The molecule has 1 rings (SSSR count). The van der Waals surface area contributed by atoms with Crippen molar-refractivity contribution in [1.29, 1.82) is 0 Å². The molecule has 0 aliphatic heterocycles. The number of hydrogen-bond donors (Lipinski definition) is 1. The molecule has 0 heterocycles. The average molecular weight is 348 g/mol. The first-order chi connectivity index (χ1) is 9.08. The minimum atomic E-state index is -0.762. The van der Waals surface area contributed by atoms with Crippen LogP contribution in [0.1, 0.15) is 6.92 Å². The van der Waals surface area contributed by atoms with Crippen LogP contribution in [0.4, 0.5) is 5.69 Å². The Labute approximate surface area is 124 Å². The number of alkyl halides is 1. The van der Waals surface area contributed by atoms with Gasteiger partial charge in [0.2, 0.25) is 5.70 Å². The molecule has 102 valence electrons. The van der Waals surface area contributed by atoms with Crippen LogP contribution in [0.25, 0.3) is 0 Å². The van der Waals surface area contributed by atoms with Gasteiger partial charge in [0.1, 0.15) is 5.76 Å². The minimum Gasteiger partial charge on any atom is -0.508 e. The number of esters is 1. The SMILES string of the molecule is CCOC(=O)/C(N=Nc1ccc(Br)cc1)=C(/O)CCl. The highest BCUT2D eigenvalue weighted by Gasteiger charge is 2.15. The number of allylic oxidation sites excluding steroid dienone is 1. The van der Waals surface area contributed by atoms with E-state index in [-0.39, 0.29) is 23.9 Å². The number of ether oxygens (including phenoxy) is 1. The molecular formula is C12H12BrClN2O3. The van der Waals surface area contributed by atoms with Gasteiger partial charge in [-0.2, -0.15) is 5.11 Å². The quantitative estimate of drug-likeness (QED) is 0.286. The molecule has 0 fully saturated rings. The number of benzene rings is 1. The Morgan fingerprint density at radius 3 is 2.58 bits per heavy atom. The van der Waals surface area contributed by atoms with Crippen molar-refractivity contribution in [3.63, 3.8) is 0 Å². The topological polar surface area (TPSA) is 71.2 Å². The zero-order valence-electron chi connectivity index (χ0n) is 10.1. The Morgan fingerprint density at radius 1 is 1.42 bits per heavy atom. The van der Waals surface area contributed by atoms with Gasteiger partial charge in [0.25, 0.3) is 0 Å². The van der Waals surface area contributed by atoms with E-state index in [1.54, 1.807) is 31.2 Å². The molecule has 0 spiro atoms. The van der Waals surface area contributed by atoms with Gasteiger partial charge in [-0.05, 0) is 31.2 Å². The summed E-state index contributed by atoms with van der Waals surface area (Å²) in [6.45, 7) is 1.82. The Kier molecular flexibility index (Phi) is 6.52. The van der Waals surface area contributed by atoms with Gasteiger partial charge in [-0.1, -0.05) is 15.9 Å². The van der Waals surface area contributed by atoms with Crippen LogP contribution in [0.3, 0.4) is 0 Å². The van der Waals surface area contributed by atoms with E-state index in [1.807, 2.05) is 0 Å². The molecule has 0 radical (unpaired) electrons. The Bertz CT molecular complexity index is 500. The number of aliphatic hydroxyl groups excluding tert-OH is 1. The van der Waals surface area contributed by atoms with E-state index in [0.29, 0.717) is 5.69 Å². The highest BCUT2D eigenvalue weighted by molar-refractivity contribution is 9.10. The molecule has 5 nitrogen and oxygen atoms in total. The molecule has 0 saturated carbocycles. The van der Waals surface area contributed by atoms with Crippen molar-refractivity contribution in [2.24, 2.45) is 10.2 Å². The van der Waals surface area contributed by atoms with Crippen molar-refractivity contribution in [3.05, 3.63) is 40.2 Å². The molecule has 1 aromatic rings. The summed E-state index contributed by atoms with van der Waals surface area (Å²) >= 11 is 8.76. The zero-order chi connectivity index (χ0) is 14.3. The summed E-state index contributed by atoms with van der Waals surface area (Å²) in [4.78, 5) is 11.6. The highest BCUT2D eigenvalue weighted by atomic mass is 79.9. The maximum Gasteiger partial charge on any atom is 0.362 e. The fraction of sp³-hybridized carbons (Fsp3) is 0.250. The van der Waals surface area contributed by atoms with E-state index in [2.05, 4.69) is 26.2 Å². The molecular weight excluding hydrogens is 336 g/mol. The molecule has 0 atom stereocenters. The number of halogens is 2. The minimum absolute atomic E-state index is 0.172. The van der Waals surface area contributed by atoms with Gasteiger partial charge in [0.15, 0.2) is 0 Å². The molecule has 0 unspecified atom stereocenters. The van der Waals surface area contributed by atoms with Crippen molar-refractivity contribution in [2.75, 3.05) is 12.5 Å². The predicted octanol–water partition coefficient (Wildman–Crippen LogP) is 4.10. The van der Waals surface area contributed by atoms with Gasteiger partial charge in [-0.3, -0.25) is 0 Å². The summed E-state index contributed by atoms with van der Waals surface area (Å²) in [5.41, 5.74) is 0.243. The van der Waals surface area contributed by atoms with Crippen molar-refractivity contribution < 1.29 is 14.6 Å². The molecule has 0 bridgehead atoms. The first kappa shape index (κ1) is 15.7. The van der Waals surface area contributed by atoms with Crippen LogP contribution in [-0.4, -0.2) is 23.6 Å². The lowest BCUT2D eigenvalue weighted by atomic mass is 10.3. The lowest BCUT2D eigenvalue weighted by Gasteiger charge is -2.03. The molecule has 1 aromatic carbocycles. The monoisotopic (exact) mass is 346 g/mol. The number of azo groups is 1. The molecule has 0 aromatic heterocycles. The van der Waals surface area contributed by atoms with Crippen LogP contribution < -0.4 is 0 Å². The summed E-state index contributed by atoms with van der Waals surface area (Å²) in [7, 11) is 0. The normalized spacial score (nSPS) is 12.4. The first-order valence-corrected chi connectivity index (χ1v) is 6.73. The van der Waals surface area contributed by atoms with Crippen molar-refractivity contribution in [3.8, 4) is 0 Å². The molecule has 19 heavy (non-hydrogen) atoms. The summed E-state index contributed by atoms with van der Waals surface area (Å²) < 4.78 is 5.66. The van der Waals surface area contributed by atoms with Crippen LogP contribution in [-0.2, 0) is 9.53 Å². The largest absolute Gasteiger partial charge is 0.508 e. The maximum atomic E-state index is 11.6. The number of nitrogens with zero attached hydrogens (tertiary/aromatic N) is 2. The molecule has 7 heteroatoms. The van der Waals surface area contributed by atoms with E-state index in [0.717, 1.165) is 4.47 Å². The molecule has 0 amide bonds. The van der Waals surface area contributed by atoms with Crippen LogP contribution in [0, 0.1) is 0 Å². The lowest BCUT2D eigenvalue weighted by molar-refractivity contribution is -0.138. The lowest BCUT2D eigenvalue weighted by Crippen LogP contribution is -2.09. The van der Waals surface area contributed by atoms with Gasteiger partial charge in [0, 0.05) is 4.47 Å². The summed E-state index contributed by atoms with van der Waals surface area (Å²) in [5.74, 6) is -1.38. The first-order valence-electron chi connectivity index (χ1n) is 5.41. The van der Waals surface area contributed by atoms with Gasteiger partial charge in [-0.15, -0.1) is 16.7 Å². The standard InChI is InChI=1S/C12H12BrClN2O3/c1-2-19-12(18)11(10(17)7-14)16-15-9-5-3-8(13)4-6-9/h3-6,17H,2,7H2,1H3/b11-10-,16-15?. The van der Waals surface area contributed by atoms with E-state index in [1.165, 1.54) is 0 Å². The second kappa shape index (κ2) is 7.91. The Balaban J connectivity index is 2.95. The Hall–Kier alpha value is -1.40. The van der Waals surface area contributed by atoms with Gasteiger partial charge >= 0.3 is 5.97 Å². The van der Waals surface area contributed by atoms with E-state index >= 15 is 0 Å². The van der Waals surface area contributed by atoms with Crippen molar-refractivity contribution in [1.82, 2.24) is 0 Å². The van der Waals surface area contributed by atoms with Crippen molar-refractivity contribution in [2.45, 2.75) is 6.92 Å². The second-order valence-electron chi connectivity index (χ2n) is 3.33. The second-order valence-corrected chi connectivity index (χ2v) is 4.51. The molecule has 0 saturated heterocycles. The van der Waals surface area contributed by atoms with Gasteiger partial charge < -0.3 is 9.84 Å². The number of carbonyl (C=O) groups excluding carboxylic acids is 1. The third-order valence-corrected chi connectivity index (χ3v) is 2.74.